The lowest BCUT2D eigenvalue weighted by atomic mass is 10.3. The van der Waals surface area contributed by atoms with Gasteiger partial charge in [0, 0.05) is 38.1 Å². The Morgan fingerprint density at radius 1 is 1.44 bits per heavy atom. The van der Waals surface area contributed by atoms with Crippen LogP contribution in [0.2, 0.25) is 0 Å². The summed E-state index contributed by atoms with van der Waals surface area (Å²) in [6, 6.07) is 5.77. The van der Waals surface area contributed by atoms with E-state index in [2.05, 4.69) is 31.2 Å². The second-order valence-corrected chi connectivity index (χ2v) is 4.64. The number of anilines is 1. The molecule has 5 nitrogen and oxygen atoms in total. The third kappa shape index (κ3) is 3.16. The molecule has 18 heavy (non-hydrogen) atoms. The minimum atomic E-state index is -0.140. The molecule has 2 aromatic rings. The molecule has 94 valence electrons. The SMILES string of the molecule is Cn1cc(Br)nc(NCCc2ccccn2)c1=O. The molecular formula is C12H13BrN4O. The summed E-state index contributed by atoms with van der Waals surface area (Å²) in [5.41, 5.74) is 0.844. The molecule has 0 bridgehead atoms. The number of pyridine rings is 1. The number of nitrogens with one attached hydrogen (secondary N) is 1. The molecule has 1 N–H and O–H groups in total. The number of halogens is 1. The molecule has 0 radical (unpaired) electrons. The van der Waals surface area contributed by atoms with Crippen molar-refractivity contribution in [3.8, 4) is 0 Å². The first-order chi connectivity index (χ1) is 8.66. The molecule has 0 saturated heterocycles. The molecule has 0 atom stereocenters. The number of hydrogen-bond donors (Lipinski definition) is 1. The van der Waals surface area contributed by atoms with Gasteiger partial charge in [0.05, 0.1) is 0 Å². The van der Waals surface area contributed by atoms with E-state index < -0.39 is 0 Å². The van der Waals surface area contributed by atoms with Crippen LogP contribution in [-0.4, -0.2) is 21.1 Å². The topological polar surface area (TPSA) is 59.8 Å². The van der Waals surface area contributed by atoms with Crippen LogP contribution >= 0.6 is 15.9 Å². The molecule has 0 spiro atoms. The predicted octanol–water partition coefficient (Wildman–Crippen LogP) is 1.59. The van der Waals surface area contributed by atoms with Gasteiger partial charge in [-0.1, -0.05) is 6.07 Å². The summed E-state index contributed by atoms with van der Waals surface area (Å²) in [5.74, 6) is 0.350. The van der Waals surface area contributed by atoms with Crippen LogP contribution in [-0.2, 0) is 13.5 Å². The largest absolute Gasteiger partial charge is 0.365 e. The Morgan fingerprint density at radius 2 is 2.28 bits per heavy atom. The minimum absolute atomic E-state index is 0.140. The van der Waals surface area contributed by atoms with E-state index in [1.165, 1.54) is 4.57 Å². The normalized spacial score (nSPS) is 10.3. The van der Waals surface area contributed by atoms with Crippen LogP contribution in [0.3, 0.4) is 0 Å². The minimum Gasteiger partial charge on any atom is -0.365 e. The first-order valence-electron chi connectivity index (χ1n) is 5.54. The van der Waals surface area contributed by atoms with Gasteiger partial charge < -0.3 is 9.88 Å². The summed E-state index contributed by atoms with van der Waals surface area (Å²) >= 11 is 3.26. The van der Waals surface area contributed by atoms with Crippen molar-refractivity contribution in [2.75, 3.05) is 11.9 Å². The predicted molar refractivity (Wildman–Crippen MR) is 73.6 cm³/mol. The van der Waals surface area contributed by atoms with Gasteiger partial charge in [-0.05, 0) is 28.1 Å². The van der Waals surface area contributed by atoms with Crippen molar-refractivity contribution < 1.29 is 0 Å². The lowest BCUT2D eigenvalue weighted by molar-refractivity contribution is 0.828. The second-order valence-electron chi connectivity index (χ2n) is 3.83. The van der Waals surface area contributed by atoms with E-state index in [-0.39, 0.29) is 5.56 Å². The third-order valence-corrected chi connectivity index (χ3v) is 2.82. The zero-order chi connectivity index (χ0) is 13.0. The molecule has 0 aliphatic carbocycles. The van der Waals surface area contributed by atoms with Crippen LogP contribution < -0.4 is 10.9 Å². The Labute approximate surface area is 113 Å². The van der Waals surface area contributed by atoms with Crippen LogP contribution in [0.15, 0.2) is 40.0 Å². The van der Waals surface area contributed by atoms with Crippen LogP contribution in [0.25, 0.3) is 0 Å². The fraction of sp³-hybridized carbons (Fsp3) is 0.250. The van der Waals surface area contributed by atoms with Gasteiger partial charge in [-0.15, -0.1) is 0 Å². The number of aromatic nitrogens is 3. The van der Waals surface area contributed by atoms with E-state index in [0.29, 0.717) is 17.0 Å². The number of nitrogens with zero attached hydrogens (tertiary/aromatic N) is 3. The standard InChI is InChI=1S/C12H13BrN4O/c1-17-8-10(13)16-11(12(17)18)15-7-5-9-4-2-3-6-14-9/h2-4,6,8H,5,7H2,1H3,(H,15,16). The van der Waals surface area contributed by atoms with Crippen LogP contribution in [0.1, 0.15) is 5.69 Å². The van der Waals surface area contributed by atoms with Crippen molar-refractivity contribution >= 4 is 21.7 Å². The maximum atomic E-state index is 11.8. The molecule has 0 aromatic carbocycles. The first-order valence-corrected chi connectivity index (χ1v) is 6.33. The molecule has 0 aliphatic heterocycles. The first kappa shape index (κ1) is 12.8. The van der Waals surface area contributed by atoms with Gasteiger partial charge in [0.1, 0.15) is 4.60 Å². The van der Waals surface area contributed by atoms with Crippen molar-refractivity contribution in [1.29, 1.82) is 0 Å². The van der Waals surface area contributed by atoms with Crippen LogP contribution in [0, 0.1) is 0 Å². The van der Waals surface area contributed by atoms with Gasteiger partial charge in [0.15, 0.2) is 5.82 Å². The van der Waals surface area contributed by atoms with Gasteiger partial charge in [0.25, 0.3) is 5.56 Å². The Kier molecular flexibility index (Phi) is 4.09. The maximum absolute atomic E-state index is 11.8. The van der Waals surface area contributed by atoms with Crippen molar-refractivity contribution in [1.82, 2.24) is 14.5 Å². The lowest BCUT2D eigenvalue weighted by Crippen LogP contribution is -2.23. The van der Waals surface area contributed by atoms with E-state index in [1.54, 1.807) is 19.4 Å². The Balaban J connectivity index is 2.01. The van der Waals surface area contributed by atoms with E-state index in [4.69, 9.17) is 0 Å². The molecule has 2 rings (SSSR count). The molecule has 0 saturated carbocycles. The Hall–Kier alpha value is -1.69. The van der Waals surface area contributed by atoms with Gasteiger partial charge in [-0.3, -0.25) is 9.78 Å². The van der Waals surface area contributed by atoms with Crippen molar-refractivity contribution in [3.05, 3.63) is 51.2 Å². The molecule has 0 fully saturated rings. The number of rotatable bonds is 4. The smallest absolute Gasteiger partial charge is 0.293 e. The fourth-order valence-corrected chi connectivity index (χ4v) is 2.02. The second kappa shape index (κ2) is 5.77. The summed E-state index contributed by atoms with van der Waals surface area (Å²) in [5, 5.41) is 3.03. The van der Waals surface area contributed by atoms with Crippen molar-refractivity contribution in [2.24, 2.45) is 7.05 Å². The summed E-state index contributed by atoms with van der Waals surface area (Å²) in [6.07, 6.45) is 4.14. The molecule has 2 heterocycles. The molecule has 0 amide bonds. The zero-order valence-corrected chi connectivity index (χ0v) is 11.5. The molecule has 0 aliphatic rings. The lowest BCUT2D eigenvalue weighted by Gasteiger charge is -2.06. The van der Waals surface area contributed by atoms with E-state index >= 15 is 0 Å². The molecular weight excluding hydrogens is 296 g/mol. The highest BCUT2D eigenvalue weighted by Crippen LogP contribution is 2.05. The number of aryl methyl sites for hydroxylation is 1. The highest BCUT2D eigenvalue weighted by molar-refractivity contribution is 9.10. The van der Waals surface area contributed by atoms with Crippen LogP contribution in [0.5, 0.6) is 0 Å². The zero-order valence-electron chi connectivity index (χ0n) is 9.93. The summed E-state index contributed by atoms with van der Waals surface area (Å²) in [7, 11) is 1.69. The van der Waals surface area contributed by atoms with Gasteiger partial charge >= 0.3 is 0 Å². The van der Waals surface area contributed by atoms with E-state index in [9.17, 15) is 4.79 Å². The van der Waals surface area contributed by atoms with Crippen molar-refractivity contribution in [2.45, 2.75) is 6.42 Å². The Morgan fingerprint density at radius 3 is 3.00 bits per heavy atom. The Bertz CT molecular complexity index is 582. The quantitative estimate of drug-likeness (QED) is 0.932. The summed E-state index contributed by atoms with van der Waals surface area (Å²) in [4.78, 5) is 20.1. The van der Waals surface area contributed by atoms with E-state index in [0.717, 1.165) is 12.1 Å². The fourth-order valence-electron chi connectivity index (χ4n) is 1.54. The molecule has 2 aromatic heterocycles. The average Bonchev–Trinajstić information content (AvgIpc) is 2.36. The highest BCUT2D eigenvalue weighted by Gasteiger charge is 2.04. The van der Waals surface area contributed by atoms with Gasteiger partial charge in [-0.25, -0.2) is 4.98 Å². The molecule has 0 unspecified atom stereocenters. The summed E-state index contributed by atoms with van der Waals surface area (Å²) in [6.45, 7) is 0.621. The van der Waals surface area contributed by atoms with Crippen molar-refractivity contribution in [3.63, 3.8) is 0 Å². The third-order valence-electron chi connectivity index (χ3n) is 2.44. The number of hydrogen-bond acceptors (Lipinski definition) is 4. The van der Waals surface area contributed by atoms with Crippen LogP contribution in [0.4, 0.5) is 5.82 Å². The van der Waals surface area contributed by atoms with Gasteiger partial charge in [-0.2, -0.15) is 0 Å². The monoisotopic (exact) mass is 308 g/mol. The van der Waals surface area contributed by atoms with Gasteiger partial charge in [0.2, 0.25) is 0 Å². The maximum Gasteiger partial charge on any atom is 0.293 e. The van der Waals surface area contributed by atoms with E-state index in [1.807, 2.05) is 18.2 Å². The highest BCUT2D eigenvalue weighted by atomic mass is 79.9. The molecule has 6 heteroatoms. The summed E-state index contributed by atoms with van der Waals surface area (Å²) < 4.78 is 2.12. The average molecular weight is 309 g/mol.